The Morgan fingerprint density at radius 2 is 1.06 bits per heavy atom. The summed E-state index contributed by atoms with van der Waals surface area (Å²) in [6.07, 6.45) is 11.5. The van der Waals surface area contributed by atoms with Gasteiger partial charge < -0.3 is 0 Å². The second-order valence-corrected chi connectivity index (χ2v) is 32.4. The van der Waals surface area contributed by atoms with Crippen LogP contribution >= 0.6 is 17.0 Å². The van der Waals surface area contributed by atoms with Gasteiger partial charge >= 0.3 is 53.5 Å². The molecule has 4 aromatic rings. The van der Waals surface area contributed by atoms with Gasteiger partial charge in [0.1, 0.15) is 0 Å². The first-order valence-electron chi connectivity index (χ1n) is 12.6. The summed E-state index contributed by atoms with van der Waals surface area (Å²) >= 11 is -1.65. The maximum absolute atomic E-state index is 5.62. The Hall–Kier alpha value is -1.44. The molecule has 0 saturated heterocycles. The van der Waals surface area contributed by atoms with Crippen LogP contribution < -0.4 is 0 Å². The molecular formula is C32H32Cl2SiZr-2. The van der Waals surface area contributed by atoms with Crippen LogP contribution in [0.15, 0.2) is 83.9 Å². The van der Waals surface area contributed by atoms with E-state index in [0.29, 0.717) is 0 Å². The van der Waals surface area contributed by atoms with Gasteiger partial charge in [-0.2, -0.15) is 23.3 Å². The first-order chi connectivity index (χ1) is 17.4. The first-order valence-corrected chi connectivity index (χ1v) is 25.2. The number of hydrogen-bond acceptors (Lipinski definition) is 0. The molecule has 0 atom stereocenters. The fourth-order valence-electron chi connectivity index (χ4n) is 4.55. The fourth-order valence-corrected chi connectivity index (χ4v) is 4.55. The van der Waals surface area contributed by atoms with Crippen LogP contribution in [-0.2, 0) is 30.8 Å². The average molecular weight is 607 g/mol. The Morgan fingerprint density at radius 3 is 1.42 bits per heavy atom. The third-order valence-electron chi connectivity index (χ3n) is 6.67. The van der Waals surface area contributed by atoms with Crippen LogP contribution in [0.4, 0.5) is 0 Å². The molecule has 0 nitrogen and oxygen atoms in total. The summed E-state index contributed by atoms with van der Waals surface area (Å²) in [5.41, 5.74) is 8.16. The second-order valence-electron chi connectivity index (χ2n) is 9.42. The van der Waals surface area contributed by atoms with Gasteiger partial charge in [-0.3, -0.25) is 0 Å². The number of rotatable bonds is 2. The van der Waals surface area contributed by atoms with Crippen LogP contribution in [0.5, 0.6) is 0 Å². The summed E-state index contributed by atoms with van der Waals surface area (Å²) in [5.74, 6) is 0. The van der Waals surface area contributed by atoms with Crippen molar-refractivity contribution in [3.8, 4) is 0 Å². The van der Waals surface area contributed by atoms with Gasteiger partial charge in [0.15, 0.2) is 0 Å². The van der Waals surface area contributed by atoms with Gasteiger partial charge in [0.05, 0.1) is 0 Å². The first kappa shape index (κ1) is 27.6. The van der Waals surface area contributed by atoms with Crippen LogP contribution in [0.3, 0.4) is 0 Å². The average Bonchev–Trinajstić information content (AvgIpc) is 3.53. The van der Waals surface area contributed by atoms with Crippen LogP contribution in [0.25, 0.3) is 21.5 Å². The van der Waals surface area contributed by atoms with E-state index in [1.807, 2.05) is 0 Å². The number of fused-ring (bicyclic) bond motifs is 6. The van der Waals surface area contributed by atoms with E-state index in [9.17, 15) is 0 Å². The predicted octanol–water partition coefficient (Wildman–Crippen LogP) is 9.93. The molecule has 0 heterocycles. The molecule has 0 aromatic heterocycles. The maximum atomic E-state index is 5.62. The molecule has 0 saturated carbocycles. The number of halogens is 2. The normalized spacial score (nSPS) is 13.1. The minimum absolute atomic E-state index is 0.224. The topological polar surface area (TPSA) is 0 Å². The Kier molecular flexibility index (Phi) is 9.87. The molecule has 0 radical (unpaired) electrons. The summed E-state index contributed by atoms with van der Waals surface area (Å²) in [4.78, 5) is 0. The second kappa shape index (κ2) is 12.9. The van der Waals surface area contributed by atoms with Crippen LogP contribution in [0.2, 0.25) is 13.1 Å². The molecule has 0 bridgehead atoms. The summed E-state index contributed by atoms with van der Waals surface area (Å²) in [7, 11) is 11.2. The predicted molar refractivity (Wildman–Crippen MR) is 157 cm³/mol. The molecular weight excluding hydrogens is 575 g/mol. The zero-order valence-electron chi connectivity index (χ0n) is 21.5. The van der Waals surface area contributed by atoms with E-state index in [1.54, 1.807) is 0 Å². The van der Waals surface area contributed by atoms with E-state index < -0.39 is 18.0 Å². The molecule has 4 aromatic carbocycles. The molecule has 4 heteroatoms. The molecule has 0 fully saturated rings. The van der Waals surface area contributed by atoms with E-state index in [2.05, 4.69) is 112 Å². The van der Waals surface area contributed by atoms with Crippen molar-refractivity contribution in [1.82, 2.24) is 0 Å². The molecule has 2 aliphatic carbocycles. The van der Waals surface area contributed by atoms with E-state index >= 15 is 0 Å². The molecule has 0 aliphatic heterocycles. The summed E-state index contributed by atoms with van der Waals surface area (Å²) in [6, 6.07) is 26.0. The minimum atomic E-state index is -1.65. The Balaban J connectivity index is 0.000000139. The van der Waals surface area contributed by atoms with Crippen LogP contribution in [-0.4, -0.2) is 5.43 Å². The van der Waals surface area contributed by atoms with Crippen molar-refractivity contribution in [2.45, 2.75) is 52.6 Å². The molecule has 0 unspecified atom stereocenters. The summed E-state index contributed by atoms with van der Waals surface area (Å²) < 4.78 is 0. The zero-order chi connectivity index (χ0) is 25.7. The van der Waals surface area contributed by atoms with Gasteiger partial charge in [0, 0.05) is 0 Å². The quantitative estimate of drug-likeness (QED) is 0.157. The van der Waals surface area contributed by atoms with Crippen molar-refractivity contribution < 1.29 is 18.0 Å². The Labute approximate surface area is 231 Å². The summed E-state index contributed by atoms with van der Waals surface area (Å²) in [6.45, 7) is 8.74. The van der Waals surface area contributed by atoms with Crippen molar-refractivity contribution in [1.29, 1.82) is 0 Å². The van der Waals surface area contributed by atoms with E-state index in [0.717, 1.165) is 25.7 Å². The van der Waals surface area contributed by atoms with Crippen molar-refractivity contribution in [3.05, 3.63) is 118 Å². The Morgan fingerprint density at radius 1 is 0.667 bits per heavy atom. The third kappa shape index (κ3) is 6.51. The molecule has 2 aliphatic rings. The molecule has 184 valence electrons. The van der Waals surface area contributed by atoms with Gasteiger partial charge in [-0.15, -0.1) is 57.3 Å². The van der Waals surface area contributed by atoms with Crippen molar-refractivity contribution in [2.75, 3.05) is 0 Å². The SMILES string of the molecule is CCC1=[C-]c2c(ccc3ccccc23)C1.CCC1=[C-]c2c(ccc3ccccc23)C1.C[Si](C)=[Zr]([Cl])[Cl]. The van der Waals surface area contributed by atoms with Crippen LogP contribution in [0, 0.1) is 12.2 Å². The van der Waals surface area contributed by atoms with Crippen LogP contribution in [0.1, 0.15) is 48.9 Å². The third-order valence-corrected chi connectivity index (χ3v) is 26.4. The molecule has 6 rings (SSSR count). The molecule has 0 amide bonds. The van der Waals surface area contributed by atoms with Crippen molar-refractivity contribution in [2.24, 2.45) is 0 Å². The van der Waals surface area contributed by atoms with Gasteiger partial charge in [-0.1, -0.05) is 86.0 Å². The van der Waals surface area contributed by atoms with Crippen molar-refractivity contribution >= 4 is 44.0 Å². The fraction of sp³-hybridized carbons (Fsp3) is 0.250. The van der Waals surface area contributed by atoms with Gasteiger partial charge in [0.2, 0.25) is 0 Å². The number of benzene rings is 4. The zero-order valence-corrected chi connectivity index (χ0v) is 26.5. The van der Waals surface area contributed by atoms with E-state index in [1.165, 1.54) is 54.9 Å². The van der Waals surface area contributed by atoms with Gasteiger partial charge in [-0.05, 0) is 12.8 Å². The molecule has 36 heavy (non-hydrogen) atoms. The van der Waals surface area contributed by atoms with E-state index in [4.69, 9.17) is 17.0 Å². The van der Waals surface area contributed by atoms with E-state index in [-0.39, 0.29) is 5.43 Å². The van der Waals surface area contributed by atoms with Gasteiger partial charge in [-0.25, -0.2) is 0 Å². The standard InChI is InChI=1S/2C15H13.C2H6Si.2ClH.Zr/c2*1-2-11-9-13-8-7-12-5-3-4-6-14(12)15(13)10-11;1-3-2;;;/h2*3-8H,2,9H2,1H3;1-2H3;2*1H;/q2*-1;;;;+2/p-2. The number of hydrogen-bond donors (Lipinski definition) is 0. The summed E-state index contributed by atoms with van der Waals surface area (Å²) in [5, 5.41) is 5.33. The van der Waals surface area contributed by atoms with Crippen molar-refractivity contribution in [3.63, 3.8) is 0 Å². The Bertz CT molecular complexity index is 1380. The molecule has 0 N–H and O–H groups in total. The molecule has 0 spiro atoms. The van der Waals surface area contributed by atoms with Gasteiger partial charge in [0.25, 0.3) is 0 Å². The number of allylic oxidation sites excluding steroid dienone is 2. The monoisotopic (exact) mass is 604 g/mol.